The molecule has 0 aromatic heterocycles. The summed E-state index contributed by atoms with van der Waals surface area (Å²) in [5.41, 5.74) is 1.20. The van der Waals surface area contributed by atoms with E-state index in [0.29, 0.717) is 10.6 Å². The van der Waals surface area contributed by atoms with E-state index in [-0.39, 0.29) is 5.24 Å². The molecule has 5 nitrogen and oxygen atoms in total. The van der Waals surface area contributed by atoms with Crippen LogP contribution in [0.1, 0.15) is 5.56 Å². The lowest BCUT2D eigenvalue weighted by atomic mass is 10.2. The van der Waals surface area contributed by atoms with E-state index in [0.717, 1.165) is 22.7 Å². The molecule has 0 saturated heterocycles. The topological polar surface area (TPSA) is 66.5 Å². The van der Waals surface area contributed by atoms with Crippen LogP contribution in [0.4, 0.5) is 10.5 Å². The number of rotatable bonds is 5. The molecule has 2 rings (SSSR count). The summed E-state index contributed by atoms with van der Waals surface area (Å²) in [7, 11) is -0.304. The van der Waals surface area contributed by atoms with E-state index in [2.05, 4.69) is 4.72 Å². The van der Waals surface area contributed by atoms with Gasteiger partial charge in [-0.15, -0.1) is 0 Å². The van der Waals surface area contributed by atoms with Crippen molar-refractivity contribution in [2.24, 2.45) is 0 Å². The van der Waals surface area contributed by atoms with Crippen LogP contribution in [0, 0.1) is 0 Å². The Morgan fingerprint density at radius 1 is 1.08 bits per heavy atom. The Hall–Kier alpha value is -2.25. The first-order chi connectivity index (χ1) is 11.4. The minimum Gasteiger partial charge on any atom is -0.339 e. The van der Waals surface area contributed by atoms with Crippen molar-refractivity contribution in [3.05, 3.63) is 65.6 Å². The number of hydrogen-bond donors (Lipinski definition) is 1. The molecule has 0 heterocycles. The van der Waals surface area contributed by atoms with Crippen molar-refractivity contribution in [1.29, 1.82) is 0 Å². The number of nitrogens with zero attached hydrogens (tertiary/aromatic N) is 1. The molecule has 0 radical (unpaired) electrons. The van der Waals surface area contributed by atoms with Gasteiger partial charge in [-0.25, -0.2) is 8.42 Å². The van der Waals surface area contributed by atoms with Crippen molar-refractivity contribution in [2.45, 2.75) is 4.90 Å². The standard InChI is InChI=1S/C17H18N2O3S2/c1-19(2)17(20)23-16-10-6-9-15(13-16)18-24(21,22)12-11-14-7-4-3-5-8-14/h3-13,18H,1-2H3. The highest BCUT2D eigenvalue weighted by molar-refractivity contribution is 8.13. The highest BCUT2D eigenvalue weighted by Gasteiger charge is 2.09. The lowest BCUT2D eigenvalue weighted by Gasteiger charge is -2.10. The molecule has 0 aliphatic rings. The third kappa shape index (κ3) is 5.75. The Bertz CT molecular complexity index is 832. The highest BCUT2D eigenvalue weighted by atomic mass is 32.2. The van der Waals surface area contributed by atoms with Crippen LogP contribution < -0.4 is 4.72 Å². The van der Waals surface area contributed by atoms with Gasteiger partial charge in [0.05, 0.1) is 5.41 Å². The van der Waals surface area contributed by atoms with Gasteiger partial charge in [0.15, 0.2) is 0 Å². The van der Waals surface area contributed by atoms with Crippen molar-refractivity contribution < 1.29 is 13.2 Å². The number of carbonyl (C=O) groups excluding carboxylic acids is 1. The predicted octanol–water partition coefficient (Wildman–Crippen LogP) is 3.87. The third-order valence-electron chi connectivity index (χ3n) is 2.90. The molecular formula is C17H18N2O3S2. The number of anilines is 1. The Morgan fingerprint density at radius 2 is 1.79 bits per heavy atom. The number of nitrogens with one attached hydrogen (secondary N) is 1. The molecule has 0 aliphatic carbocycles. The molecular weight excluding hydrogens is 344 g/mol. The second kappa shape index (κ2) is 8.03. The van der Waals surface area contributed by atoms with E-state index in [1.54, 1.807) is 38.4 Å². The van der Waals surface area contributed by atoms with Crippen molar-refractivity contribution in [1.82, 2.24) is 4.90 Å². The average molecular weight is 362 g/mol. The molecule has 24 heavy (non-hydrogen) atoms. The van der Waals surface area contributed by atoms with E-state index < -0.39 is 10.0 Å². The van der Waals surface area contributed by atoms with Gasteiger partial charge in [0.2, 0.25) is 0 Å². The van der Waals surface area contributed by atoms with E-state index in [1.807, 2.05) is 30.3 Å². The maximum absolute atomic E-state index is 12.1. The number of hydrogen-bond acceptors (Lipinski definition) is 4. The zero-order valence-electron chi connectivity index (χ0n) is 13.3. The van der Waals surface area contributed by atoms with E-state index in [4.69, 9.17) is 0 Å². The van der Waals surface area contributed by atoms with Crippen LogP contribution in [0.2, 0.25) is 0 Å². The molecule has 0 aliphatic heterocycles. The zero-order valence-corrected chi connectivity index (χ0v) is 15.0. The third-order valence-corrected chi connectivity index (χ3v) is 4.95. The van der Waals surface area contributed by atoms with Crippen molar-refractivity contribution >= 4 is 38.8 Å². The Balaban J connectivity index is 2.09. The predicted molar refractivity (Wildman–Crippen MR) is 99.4 cm³/mol. The molecule has 0 atom stereocenters. The van der Waals surface area contributed by atoms with Gasteiger partial charge in [0, 0.05) is 24.7 Å². The average Bonchev–Trinajstić information content (AvgIpc) is 2.54. The minimum atomic E-state index is -3.63. The normalized spacial score (nSPS) is 11.4. The fourth-order valence-electron chi connectivity index (χ4n) is 1.75. The van der Waals surface area contributed by atoms with Gasteiger partial charge in [-0.3, -0.25) is 9.52 Å². The number of carbonyl (C=O) groups is 1. The Morgan fingerprint density at radius 3 is 2.46 bits per heavy atom. The largest absolute Gasteiger partial charge is 0.339 e. The number of sulfonamides is 1. The van der Waals surface area contributed by atoms with Crippen LogP contribution in [0.5, 0.6) is 0 Å². The molecule has 1 N–H and O–H groups in total. The summed E-state index contributed by atoms with van der Waals surface area (Å²) in [5, 5.41) is 0.992. The fraction of sp³-hybridized carbons (Fsp3) is 0.118. The van der Waals surface area contributed by atoms with Gasteiger partial charge in [-0.2, -0.15) is 0 Å². The van der Waals surface area contributed by atoms with Crippen LogP contribution in [0.15, 0.2) is 64.9 Å². The summed E-state index contributed by atoms with van der Waals surface area (Å²) in [6.45, 7) is 0. The van der Waals surface area contributed by atoms with E-state index >= 15 is 0 Å². The van der Waals surface area contributed by atoms with Crippen LogP contribution in [0.3, 0.4) is 0 Å². The molecule has 7 heteroatoms. The summed E-state index contributed by atoms with van der Waals surface area (Å²) in [4.78, 5) is 13.8. The SMILES string of the molecule is CN(C)C(=O)Sc1cccc(NS(=O)(=O)C=Cc2ccccc2)c1. The van der Waals surface area contributed by atoms with E-state index in [1.165, 1.54) is 11.0 Å². The van der Waals surface area contributed by atoms with Crippen molar-refractivity contribution in [2.75, 3.05) is 18.8 Å². The van der Waals surface area contributed by atoms with Crippen molar-refractivity contribution in [3.63, 3.8) is 0 Å². The first-order valence-corrected chi connectivity index (χ1v) is 9.47. The smallest absolute Gasteiger partial charge is 0.285 e. The van der Waals surface area contributed by atoms with Gasteiger partial charge < -0.3 is 4.90 Å². The first kappa shape index (κ1) is 18.1. The quantitative estimate of drug-likeness (QED) is 0.820. The molecule has 0 fully saturated rings. The lowest BCUT2D eigenvalue weighted by Crippen LogP contribution is -2.16. The first-order valence-electron chi connectivity index (χ1n) is 7.11. The summed E-state index contributed by atoms with van der Waals surface area (Å²) in [5.74, 6) is 0. The van der Waals surface area contributed by atoms with Crippen molar-refractivity contribution in [3.8, 4) is 0 Å². The molecule has 0 saturated carbocycles. The highest BCUT2D eigenvalue weighted by Crippen LogP contribution is 2.24. The maximum Gasteiger partial charge on any atom is 0.285 e. The van der Waals surface area contributed by atoms with E-state index in [9.17, 15) is 13.2 Å². The second-order valence-electron chi connectivity index (χ2n) is 5.15. The molecule has 126 valence electrons. The van der Waals surface area contributed by atoms with Gasteiger partial charge in [-0.05, 0) is 41.6 Å². The summed E-state index contributed by atoms with van der Waals surface area (Å²) in [6.07, 6.45) is 1.52. The summed E-state index contributed by atoms with van der Waals surface area (Å²) >= 11 is 1.04. The summed E-state index contributed by atoms with van der Waals surface area (Å²) in [6, 6.07) is 15.9. The molecule has 0 spiro atoms. The second-order valence-corrected chi connectivity index (χ2v) is 7.74. The Labute approximate surface area is 146 Å². The molecule has 0 bridgehead atoms. The maximum atomic E-state index is 12.1. The van der Waals surface area contributed by atoms with Crippen LogP contribution in [0.25, 0.3) is 6.08 Å². The summed E-state index contributed by atoms with van der Waals surface area (Å²) < 4.78 is 26.7. The number of benzene rings is 2. The zero-order chi connectivity index (χ0) is 17.6. The Kier molecular flexibility index (Phi) is 6.05. The number of amides is 1. The van der Waals surface area contributed by atoms with Crippen LogP contribution in [-0.4, -0.2) is 32.7 Å². The molecule has 1 amide bonds. The van der Waals surface area contributed by atoms with Gasteiger partial charge in [-0.1, -0.05) is 36.4 Å². The molecule has 0 unspecified atom stereocenters. The van der Waals surface area contributed by atoms with Gasteiger partial charge in [0.1, 0.15) is 0 Å². The lowest BCUT2D eigenvalue weighted by molar-refractivity contribution is 0.241. The minimum absolute atomic E-state index is 0.126. The molecule has 2 aromatic rings. The van der Waals surface area contributed by atoms with Gasteiger partial charge in [0.25, 0.3) is 15.3 Å². The van der Waals surface area contributed by atoms with Crippen LogP contribution in [-0.2, 0) is 10.0 Å². The monoisotopic (exact) mass is 362 g/mol. The van der Waals surface area contributed by atoms with Crippen LogP contribution >= 0.6 is 11.8 Å². The molecule has 2 aromatic carbocycles. The van der Waals surface area contributed by atoms with Gasteiger partial charge >= 0.3 is 0 Å². The number of thioether (sulfide) groups is 1. The fourth-order valence-corrected chi connectivity index (χ4v) is 3.32.